The molecule has 0 bridgehead atoms. The maximum Gasteiger partial charge on any atom is 0.226 e. The Morgan fingerprint density at radius 1 is 1.41 bits per heavy atom. The molecule has 0 aliphatic heterocycles. The van der Waals surface area contributed by atoms with Crippen molar-refractivity contribution in [3.05, 3.63) is 40.7 Å². The highest BCUT2D eigenvalue weighted by Crippen LogP contribution is 2.22. The summed E-state index contributed by atoms with van der Waals surface area (Å²) in [6.45, 7) is 3.90. The molecule has 3 nitrogen and oxygen atoms in total. The van der Waals surface area contributed by atoms with Crippen molar-refractivity contribution in [1.82, 2.24) is 10.3 Å². The molecule has 0 aliphatic rings. The first kappa shape index (κ1) is 12.3. The zero-order valence-electron chi connectivity index (χ0n) is 9.74. The van der Waals surface area contributed by atoms with Crippen molar-refractivity contribution >= 4 is 15.9 Å². The minimum Gasteiger partial charge on any atom is -0.444 e. The molecule has 0 saturated carbocycles. The summed E-state index contributed by atoms with van der Waals surface area (Å²) in [4.78, 5) is 4.44. The Hall–Kier alpha value is -1.13. The van der Waals surface area contributed by atoms with E-state index < -0.39 is 0 Å². The van der Waals surface area contributed by atoms with Crippen molar-refractivity contribution in [2.75, 3.05) is 6.54 Å². The number of nitrogens with zero attached hydrogens (tertiary/aromatic N) is 1. The van der Waals surface area contributed by atoms with E-state index in [1.165, 1.54) is 0 Å². The van der Waals surface area contributed by atoms with Crippen molar-refractivity contribution in [2.45, 2.75) is 19.9 Å². The largest absolute Gasteiger partial charge is 0.444 e. The molecule has 1 heterocycles. The minimum absolute atomic E-state index is 0.666. The molecule has 1 N–H and O–H groups in total. The van der Waals surface area contributed by atoms with Crippen LogP contribution in [0.2, 0.25) is 0 Å². The highest BCUT2D eigenvalue weighted by Gasteiger charge is 2.06. The van der Waals surface area contributed by atoms with Gasteiger partial charge in [-0.05, 0) is 31.2 Å². The molecule has 0 unspecified atom stereocenters. The third-order valence-electron chi connectivity index (χ3n) is 2.36. The van der Waals surface area contributed by atoms with Crippen LogP contribution in [-0.4, -0.2) is 11.5 Å². The molecule has 17 heavy (non-hydrogen) atoms. The zero-order valence-corrected chi connectivity index (χ0v) is 11.3. The highest BCUT2D eigenvalue weighted by atomic mass is 79.9. The molecule has 1 aromatic heterocycles. The molecule has 2 rings (SSSR count). The summed E-state index contributed by atoms with van der Waals surface area (Å²) in [5.74, 6) is 0.666. The summed E-state index contributed by atoms with van der Waals surface area (Å²) in [6.07, 6.45) is 2.83. The predicted molar refractivity (Wildman–Crippen MR) is 71.6 cm³/mol. The van der Waals surface area contributed by atoms with E-state index in [1.54, 1.807) is 6.26 Å². The van der Waals surface area contributed by atoms with E-state index >= 15 is 0 Å². The lowest BCUT2D eigenvalue weighted by atomic mass is 10.2. The van der Waals surface area contributed by atoms with Crippen LogP contribution in [0.25, 0.3) is 11.5 Å². The van der Waals surface area contributed by atoms with E-state index in [9.17, 15) is 0 Å². The topological polar surface area (TPSA) is 38.1 Å². The van der Waals surface area contributed by atoms with Crippen LogP contribution >= 0.6 is 15.9 Å². The van der Waals surface area contributed by atoms with Gasteiger partial charge in [0.1, 0.15) is 6.26 Å². The van der Waals surface area contributed by atoms with Crippen LogP contribution < -0.4 is 5.32 Å². The predicted octanol–water partition coefficient (Wildman–Crippen LogP) is 3.60. The van der Waals surface area contributed by atoms with Crippen LogP contribution in [0.3, 0.4) is 0 Å². The van der Waals surface area contributed by atoms with Gasteiger partial charge < -0.3 is 9.73 Å². The van der Waals surface area contributed by atoms with Gasteiger partial charge >= 0.3 is 0 Å². The molecule has 1 aromatic carbocycles. The molecule has 2 aromatic rings. The van der Waals surface area contributed by atoms with Crippen molar-refractivity contribution in [3.63, 3.8) is 0 Å². The third-order valence-corrected chi connectivity index (χ3v) is 2.85. The van der Waals surface area contributed by atoms with Gasteiger partial charge in [0.25, 0.3) is 0 Å². The molecular formula is C13H15BrN2O. The Morgan fingerprint density at radius 2 is 2.29 bits per heavy atom. The van der Waals surface area contributed by atoms with Crippen LogP contribution in [0.5, 0.6) is 0 Å². The van der Waals surface area contributed by atoms with E-state index in [0.717, 1.165) is 35.2 Å². The number of rotatable bonds is 5. The van der Waals surface area contributed by atoms with Crippen LogP contribution in [0.15, 0.2) is 39.4 Å². The maximum atomic E-state index is 5.46. The van der Waals surface area contributed by atoms with Gasteiger partial charge in [0.15, 0.2) is 0 Å². The molecule has 4 heteroatoms. The van der Waals surface area contributed by atoms with E-state index in [4.69, 9.17) is 4.42 Å². The second-order valence-corrected chi connectivity index (χ2v) is 4.75. The number of nitrogens with one attached hydrogen (secondary N) is 1. The van der Waals surface area contributed by atoms with Crippen molar-refractivity contribution in [1.29, 1.82) is 0 Å². The van der Waals surface area contributed by atoms with Gasteiger partial charge in [0.05, 0.1) is 5.69 Å². The van der Waals surface area contributed by atoms with Crippen molar-refractivity contribution in [2.24, 2.45) is 0 Å². The van der Waals surface area contributed by atoms with Crippen molar-refractivity contribution in [3.8, 4) is 11.5 Å². The lowest BCUT2D eigenvalue weighted by molar-refractivity contribution is 0.570. The summed E-state index contributed by atoms with van der Waals surface area (Å²) < 4.78 is 6.49. The fourth-order valence-electron chi connectivity index (χ4n) is 1.54. The quantitative estimate of drug-likeness (QED) is 0.856. The van der Waals surface area contributed by atoms with Gasteiger partial charge in [-0.15, -0.1) is 0 Å². The molecule has 0 spiro atoms. The maximum absolute atomic E-state index is 5.46. The summed E-state index contributed by atoms with van der Waals surface area (Å²) in [6, 6.07) is 7.93. The molecule has 0 radical (unpaired) electrons. The Balaban J connectivity index is 2.07. The van der Waals surface area contributed by atoms with Crippen LogP contribution in [0.4, 0.5) is 0 Å². The SMILES string of the molecule is CCCNCc1coc(-c2cccc(Br)c2)n1. The summed E-state index contributed by atoms with van der Waals surface area (Å²) in [5, 5.41) is 3.30. The number of aromatic nitrogens is 1. The fourth-order valence-corrected chi connectivity index (χ4v) is 1.93. The molecule has 0 amide bonds. The number of benzene rings is 1. The Morgan fingerprint density at radius 3 is 3.06 bits per heavy atom. The van der Waals surface area contributed by atoms with Crippen LogP contribution in [0.1, 0.15) is 19.0 Å². The Kier molecular flexibility index (Phi) is 4.34. The van der Waals surface area contributed by atoms with Gasteiger partial charge in [0, 0.05) is 16.6 Å². The average molecular weight is 295 g/mol. The summed E-state index contributed by atoms with van der Waals surface area (Å²) >= 11 is 3.44. The van der Waals surface area contributed by atoms with E-state index in [-0.39, 0.29) is 0 Å². The van der Waals surface area contributed by atoms with Crippen LogP contribution in [-0.2, 0) is 6.54 Å². The lowest BCUT2D eigenvalue weighted by Gasteiger charge is -1.97. The fraction of sp³-hybridized carbons (Fsp3) is 0.308. The Labute approximate surface area is 109 Å². The van der Waals surface area contributed by atoms with Crippen molar-refractivity contribution < 1.29 is 4.42 Å². The third kappa shape index (κ3) is 3.41. The Bertz CT molecular complexity index is 482. The number of halogens is 1. The van der Waals surface area contributed by atoms with E-state index in [2.05, 4.69) is 33.2 Å². The average Bonchev–Trinajstić information content (AvgIpc) is 2.78. The monoisotopic (exact) mass is 294 g/mol. The molecular weight excluding hydrogens is 280 g/mol. The normalized spacial score (nSPS) is 10.7. The van der Waals surface area contributed by atoms with Gasteiger partial charge in [-0.2, -0.15) is 0 Å². The van der Waals surface area contributed by atoms with Gasteiger partial charge in [0.2, 0.25) is 5.89 Å². The first-order valence-corrected chi connectivity index (χ1v) is 6.50. The highest BCUT2D eigenvalue weighted by molar-refractivity contribution is 9.10. The molecule has 0 aliphatic carbocycles. The van der Waals surface area contributed by atoms with Gasteiger partial charge in [-0.25, -0.2) is 4.98 Å². The number of oxazole rings is 1. The van der Waals surface area contributed by atoms with Crippen LogP contribution in [0, 0.1) is 0 Å². The molecule has 0 saturated heterocycles. The zero-order chi connectivity index (χ0) is 12.1. The van der Waals surface area contributed by atoms with E-state index in [0.29, 0.717) is 5.89 Å². The minimum atomic E-state index is 0.666. The number of hydrogen-bond donors (Lipinski definition) is 1. The van der Waals surface area contributed by atoms with E-state index in [1.807, 2.05) is 24.3 Å². The van der Waals surface area contributed by atoms with Gasteiger partial charge in [-0.3, -0.25) is 0 Å². The second-order valence-electron chi connectivity index (χ2n) is 3.83. The lowest BCUT2D eigenvalue weighted by Crippen LogP contribution is -2.13. The molecule has 90 valence electrons. The summed E-state index contributed by atoms with van der Waals surface area (Å²) in [7, 11) is 0. The first-order chi connectivity index (χ1) is 8.29. The standard InChI is InChI=1S/C13H15BrN2O/c1-2-6-15-8-12-9-17-13(16-12)10-4-3-5-11(14)7-10/h3-5,7,9,15H,2,6,8H2,1H3. The first-order valence-electron chi connectivity index (χ1n) is 5.70. The molecule has 0 atom stereocenters. The summed E-state index contributed by atoms with van der Waals surface area (Å²) in [5.41, 5.74) is 1.93. The molecule has 0 fully saturated rings. The smallest absolute Gasteiger partial charge is 0.226 e. The number of hydrogen-bond acceptors (Lipinski definition) is 3. The second kappa shape index (κ2) is 5.98. The van der Waals surface area contributed by atoms with Gasteiger partial charge in [-0.1, -0.05) is 28.9 Å².